The van der Waals surface area contributed by atoms with Crippen molar-refractivity contribution in [1.29, 1.82) is 0 Å². The van der Waals surface area contributed by atoms with Gasteiger partial charge in [-0.2, -0.15) is 5.10 Å². The van der Waals surface area contributed by atoms with E-state index in [4.69, 9.17) is 0 Å². The van der Waals surface area contributed by atoms with Crippen molar-refractivity contribution in [3.05, 3.63) is 60.1 Å². The van der Waals surface area contributed by atoms with Gasteiger partial charge in [-0.25, -0.2) is 0 Å². The van der Waals surface area contributed by atoms with E-state index in [1.807, 2.05) is 42.4 Å². The fourth-order valence-electron chi connectivity index (χ4n) is 4.68. The van der Waals surface area contributed by atoms with Crippen molar-refractivity contribution in [2.45, 2.75) is 32.1 Å². The first-order valence-corrected chi connectivity index (χ1v) is 10.1. The molecule has 1 aliphatic heterocycles. The topological polar surface area (TPSA) is 51.0 Å². The summed E-state index contributed by atoms with van der Waals surface area (Å²) in [5.41, 5.74) is 4.60. The number of carbonyl (C=O) groups excluding carboxylic acids is 1. The van der Waals surface area contributed by atoms with Crippen molar-refractivity contribution < 1.29 is 4.79 Å². The molecule has 2 aliphatic rings. The van der Waals surface area contributed by atoms with Gasteiger partial charge in [0.05, 0.1) is 23.0 Å². The Morgan fingerprint density at radius 3 is 2.93 bits per heavy atom. The van der Waals surface area contributed by atoms with E-state index in [0.717, 1.165) is 41.5 Å². The zero-order valence-corrected chi connectivity index (χ0v) is 16.1. The van der Waals surface area contributed by atoms with E-state index >= 15 is 0 Å². The van der Waals surface area contributed by atoms with Crippen LogP contribution in [0.3, 0.4) is 0 Å². The molecule has 1 aliphatic carbocycles. The number of allylic oxidation sites excluding steroid dienone is 2. The second kappa shape index (κ2) is 6.89. The number of fused-ring (bicyclic) bond motifs is 2. The predicted molar refractivity (Wildman–Crippen MR) is 110 cm³/mol. The molecule has 1 fully saturated rings. The van der Waals surface area contributed by atoms with Crippen LogP contribution in [0.15, 0.2) is 54.5 Å². The molecule has 2 aromatic heterocycles. The molecular formula is C23H24N4O. The van der Waals surface area contributed by atoms with Crippen molar-refractivity contribution in [3.8, 4) is 11.3 Å². The molecule has 1 amide bonds. The normalized spacial score (nSPS) is 19.4. The number of likely N-dealkylation sites (tertiary alicyclic amines) is 1. The number of aryl methyl sites for hydroxylation is 1. The van der Waals surface area contributed by atoms with Gasteiger partial charge in [0.2, 0.25) is 0 Å². The standard InChI is InChI=1S/C23H24N4O/c1-26-22(18-13-17-8-2-4-10-20(17)24-14-18)19(15-25-26)23(28)27-12-6-9-16-7-3-5-11-21(16)27/h2,4,8,10-11,13-16H,3,5-7,9,12H2,1H3. The molecule has 0 N–H and O–H groups in total. The molecule has 1 atom stereocenters. The summed E-state index contributed by atoms with van der Waals surface area (Å²) in [6.07, 6.45) is 11.6. The van der Waals surface area contributed by atoms with E-state index in [9.17, 15) is 4.79 Å². The van der Waals surface area contributed by atoms with Crippen LogP contribution in [0.2, 0.25) is 0 Å². The van der Waals surface area contributed by atoms with Crippen LogP contribution in [0, 0.1) is 5.92 Å². The minimum absolute atomic E-state index is 0.0640. The van der Waals surface area contributed by atoms with E-state index in [0.29, 0.717) is 11.5 Å². The van der Waals surface area contributed by atoms with Crippen LogP contribution in [0.5, 0.6) is 0 Å². The Bertz CT molecular complexity index is 1080. The lowest BCUT2D eigenvalue weighted by molar-refractivity contribution is 0.0749. The second-order valence-electron chi connectivity index (χ2n) is 7.80. The maximum Gasteiger partial charge on any atom is 0.261 e. The van der Waals surface area contributed by atoms with Gasteiger partial charge in [0, 0.05) is 36.4 Å². The Kier molecular flexibility index (Phi) is 4.23. The van der Waals surface area contributed by atoms with Crippen LogP contribution in [-0.4, -0.2) is 32.1 Å². The lowest BCUT2D eigenvalue weighted by atomic mass is 9.84. The maximum atomic E-state index is 13.5. The monoisotopic (exact) mass is 372 g/mol. The number of hydrogen-bond acceptors (Lipinski definition) is 3. The van der Waals surface area contributed by atoms with Crippen molar-refractivity contribution in [1.82, 2.24) is 19.7 Å². The molecule has 3 heterocycles. The summed E-state index contributed by atoms with van der Waals surface area (Å²) in [6.45, 7) is 0.797. The number of nitrogens with zero attached hydrogens (tertiary/aromatic N) is 4. The van der Waals surface area contributed by atoms with E-state index in [2.05, 4.69) is 22.2 Å². The molecule has 5 rings (SSSR count). The molecule has 1 unspecified atom stereocenters. The minimum Gasteiger partial charge on any atom is -0.312 e. The van der Waals surface area contributed by atoms with Crippen molar-refractivity contribution in [2.75, 3.05) is 6.54 Å². The highest BCUT2D eigenvalue weighted by Crippen LogP contribution is 2.36. The highest BCUT2D eigenvalue weighted by Gasteiger charge is 2.32. The summed E-state index contributed by atoms with van der Waals surface area (Å²) in [5, 5.41) is 5.48. The number of aromatic nitrogens is 3. The van der Waals surface area contributed by atoms with Crippen LogP contribution < -0.4 is 0 Å². The van der Waals surface area contributed by atoms with Crippen molar-refractivity contribution in [3.63, 3.8) is 0 Å². The number of benzene rings is 1. The van der Waals surface area contributed by atoms with Gasteiger partial charge in [-0.15, -0.1) is 0 Å². The number of piperidine rings is 1. The predicted octanol–water partition coefficient (Wildman–Crippen LogP) is 4.56. The molecule has 1 saturated heterocycles. The molecule has 5 heteroatoms. The fourth-order valence-corrected chi connectivity index (χ4v) is 4.68. The zero-order chi connectivity index (χ0) is 19.1. The first kappa shape index (κ1) is 17.2. The Balaban J connectivity index is 1.56. The third-order valence-corrected chi connectivity index (χ3v) is 6.05. The largest absolute Gasteiger partial charge is 0.312 e. The number of para-hydroxylation sites is 1. The minimum atomic E-state index is 0.0640. The number of rotatable bonds is 2. The smallest absolute Gasteiger partial charge is 0.261 e. The van der Waals surface area contributed by atoms with Gasteiger partial charge < -0.3 is 4.90 Å². The zero-order valence-electron chi connectivity index (χ0n) is 16.1. The van der Waals surface area contributed by atoms with Crippen LogP contribution in [0.25, 0.3) is 22.2 Å². The summed E-state index contributed by atoms with van der Waals surface area (Å²) >= 11 is 0. The number of carbonyl (C=O) groups is 1. The van der Waals surface area contributed by atoms with Gasteiger partial charge >= 0.3 is 0 Å². The number of pyridine rings is 1. The van der Waals surface area contributed by atoms with Gasteiger partial charge in [0.1, 0.15) is 0 Å². The average Bonchev–Trinajstić information content (AvgIpc) is 3.14. The SMILES string of the molecule is Cn1ncc(C(=O)N2CCCC3CCCC=C32)c1-c1cnc2ccccc2c1. The van der Waals surface area contributed by atoms with Gasteiger partial charge in [0.25, 0.3) is 5.91 Å². The molecule has 3 aromatic rings. The second-order valence-corrected chi connectivity index (χ2v) is 7.80. The van der Waals surface area contributed by atoms with E-state index in [-0.39, 0.29) is 5.91 Å². The maximum absolute atomic E-state index is 13.5. The molecule has 0 radical (unpaired) electrons. The third-order valence-electron chi connectivity index (χ3n) is 6.05. The molecule has 5 nitrogen and oxygen atoms in total. The quantitative estimate of drug-likeness (QED) is 0.663. The molecule has 1 aromatic carbocycles. The lowest BCUT2D eigenvalue weighted by Gasteiger charge is -2.38. The van der Waals surface area contributed by atoms with Gasteiger partial charge in [0.15, 0.2) is 0 Å². The van der Waals surface area contributed by atoms with Crippen LogP contribution >= 0.6 is 0 Å². The highest BCUT2D eigenvalue weighted by molar-refractivity contribution is 6.01. The molecular weight excluding hydrogens is 348 g/mol. The van der Waals surface area contributed by atoms with Gasteiger partial charge in [-0.1, -0.05) is 24.3 Å². The first-order valence-electron chi connectivity index (χ1n) is 10.1. The summed E-state index contributed by atoms with van der Waals surface area (Å²) < 4.78 is 1.79. The Labute approximate surface area is 164 Å². The number of hydrogen-bond donors (Lipinski definition) is 0. The van der Waals surface area contributed by atoms with E-state index in [1.54, 1.807) is 10.9 Å². The Morgan fingerprint density at radius 2 is 2.00 bits per heavy atom. The molecule has 0 bridgehead atoms. The Hall–Kier alpha value is -2.95. The van der Waals surface area contributed by atoms with Crippen LogP contribution in [0.4, 0.5) is 0 Å². The number of amides is 1. The van der Waals surface area contributed by atoms with E-state index < -0.39 is 0 Å². The Morgan fingerprint density at radius 1 is 1.14 bits per heavy atom. The third kappa shape index (κ3) is 2.82. The van der Waals surface area contributed by atoms with Crippen LogP contribution in [0.1, 0.15) is 42.5 Å². The van der Waals surface area contributed by atoms with E-state index in [1.165, 1.54) is 25.0 Å². The van der Waals surface area contributed by atoms with Crippen molar-refractivity contribution >= 4 is 16.8 Å². The average molecular weight is 372 g/mol. The molecule has 28 heavy (non-hydrogen) atoms. The summed E-state index contributed by atoms with van der Waals surface area (Å²) in [6, 6.07) is 10.1. The summed E-state index contributed by atoms with van der Waals surface area (Å²) in [5.74, 6) is 0.600. The fraction of sp³-hybridized carbons (Fsp3) is 0.348. The van der Waals surface area contributed by atoms with Gasteiger partial charge in [-0.3, -0.25) is 14.5 Å². The lowest BCUT2D eigenvalue weighted by Crippen LogP contribution is -2.39. The summed E-state index contributed by atoms with van der Waals surface area (Å²) in [4.78, 5) is 20.1. The van der Waals surface area contributed by atoms with Crippen molar-refractivity contribution in [2.24, 2.45) is 13.0 Å². The molecule has 0 saturated carbocycles. The first-order chi connectivity index (χ1) is 13.7. The molecule has 0 spiro atoms. The molecule has 142 valence electrons. The highest BCUT2D eigenvalue weighted by atomic mass is 16.2. The summed E-state index contributed by atoms with van der Waals surface area (Å²) in [7, 11) is 1.89. The van der Waals surface area contributed by atoms with Gasteiger partial charge in [-0.05, 0) is 50.2 Å². The van der Waals surface area contributed by atoms with Crippen LogP contribution in [-0.2, 0) is 7.05 Å².